The Hall–Kier alpha value is -2.73. The lowest BCUT2D eigenvalue weighted by molar-refractivity contribution is -0.432. The normalized spacial score (nSPS) is 14.8. The SMILES string of the molecule is CCC(O)COc1cc(/C=C/c2cc(OCC(O)CSOOO)cc(OCC(O)CS(=O)(=O)O)c2)cc(OCC(O)CS(=O)(=O)O)c1. The molecule has 0 bridgehead atoms. The zero-order chi connectivity index (χ0) is 35.0. The Kier molecular flexibility index (Phi) is 17.2. The van der Waals surface area contributed by atoms with E-state index in [4.69, 9.17) is 33.3 Å². The van der Waals surface area contributed by atoms with Gasteiger partial charge in [-0.25, -0.2) is 5.26 Å². The van der Waals surface area contributed by atoms with Gasteiger partial charge < -0.3 is 39.4 Å². The van der Waals surface area contributed by atoms with Crippen molar-refractivity contribution >= 4 is 44.4 Å². The maximum Gasteiger partial charge on any atom is 0.267 e. The van der Waals surface area contributed by atoms with Gasteiger partial charge in [0.25, 0.3) is 20.2 Å². The Morgan fingerprint density at radius 1 is 0.638 bits per heavy atom. The van der Waals surface area contributed by atoms with Gasteiger partial charge in [0.05, 0.1) is 18.0 Å². The van der Waals surface area contributed by atoms with E-state index in [0.29, 0.717) is 29.6 Å². The number of rotatable bonds is 23. The number of hydrogen-bond donors (Lipinski definition) is 7. The summed E-state index contributed by atoms with van der Waals surface area (Å²) in [5.74, 6) is -1.17. The first-order valence-electron chi connectivity index (χ1n) is 13.8. The van der Waals surface area contributed by atoms with Crippen molar-refractivity contribution in [3.8, 4) is 23.0 Å². The van der Waals surface area contributed by atoms with E-state index in [9.17, 15) is 37.3 Å². The molecule has 0 aliphatic carbocycles. The van der Waals surface area contributed by atoms with Gasteiger partial charge in [0.2, 0.25) is 0 Å². The summed E-state index contributed by atoms with van der Waals surface area (Å²) in [6.45, 7) is 0.520. The molecule has 0 heterocycles. The topological polar surface area (TPSA) is 265 Å². The first-order chi connectivity index (χ1) is 22.0. The van der Waals surface area contributed by atoms with E-state index in [2.05, 4.69) is 9.37 Å². The molecule has 0 aromatic heterocycles. The molecule has 0 aliphatic rings. The van der Waals surface area contributed by atoms with Crippen molar-refractivity contribution in [2.75, 3.05) is 43.7 Å². The lowest BCUT2D eigenvalue weighted by Crippen LogP contribution is -2.26. The van der Waals surface area contributed by atoms with Gasteiger partial charge in [-0.3, -0.25) is 9.11 Å². The number of aliphatic hydroxyl groups is 4. The average molecular weight is 731 g/mol. The second-order valence-corrected chi connectivity index (χ2v) is 13.7. The van der Waals surface area contributed by atoms with Crippen LogP contribution in [0.2, 0.25) is 0 Å². The van der Waals surface area contributed by atoms with Crippen LogP contribution in [0.3, 0.4) is 0 Å². The molecule has 17 nitrogen and oxygen atoms in total. The van der Waals surface area contributed by atoms with E-state index in [1.807, 2.05) is 0 Å². The summed E-state index contributed by atoms with van der Waals surface area (Å²) in [7, 11) is -8.91. The van der Waals surface area contributed by atoms with Crippen LogP contribution in [0.1, 0.15) is 24.5 Å². The molecule has 20 heteroatoms. The molecule has 0 saturated carbocycles. The fourth-order valence-corrected chi connectivity index (χ4v) is 5.07. The minimum atomic E-state index is -4.46. The fraction of sp³-hybridized carbons (Fsp3) is 0.481. The number of aliphatic hydroxyl groups excluding tert-OH is 4. The van der Waals surface area contributed by atoms with E-state index in [1.165, 1.54) is 24.3 Å². The highest BCUT2D eigenvalue weighted by Gasteiger charge is 2.17. The van der Waals surface area contributed by atoms with E-state index in [1.54, 1.807) is 31.2 Å². The van der Waals surface area contributed by atoms with Crippen LogP contribution in [0.5, 0.6) is 23.0 Å². The molecule has 2 rings (SSSR count). The lowest BCUT2D eigenvalue weighted by atomic mass is 10.1. The van der Waals surface area contributed by atoms with Gasteiger partial charge in [-0.2, -0.15) is 16.8 Å². The van der Waals surface area contributed by atoms with Gasteiger partial charge in [0, 0.05) is 24.2 Å². The summed E-state index contributed by atoms with van der Waals surface area (Å²) in [4.78, 5) is 0. The van der Waals surface area contributed by atoms with Gasteiger partial charge >= 0.3 is 0 Å². The molecular formula is C27H38O17S3. The Labute approximate surface area is 275 Å². The van der Waals surface area contributed by atoms with E-state index in [0.717, 1.165) is 0 Å². The molecule has 0 spiro atoms. The molecule has 2 aromatic carbocycles. The van der Waals surface area contributed by atoms with Crippen molar-refractivity contribution in [2.24, 2.45) is 0 Å². The third-order valence-electron chi connectivity index (χ3n) is 5.66. The van der Waals surface area contributed by atoms with Gasteiger partial charge in [0.1, 0.15) is 73.1 Å². The molecule has 266 valence electrons. The molecule has 2 aromatic rings. The van der Waals surface area contributed by atoms with Crippen LogP contribution in [0.4, 0.5) is 0 Å². The van der Waals surface area contributed by atoms with Crippen LogP contribution in [0.25, 0.3) is 12.2 Å². The molecule has 0 amide bonds. The Balaban J connectivity index is 2.33. The van der Waals surface area contributed by atoms with Crippen molar-refractivity contribution in [3.05, 3.63) is 47.5 Å². The first kappa shape index (κ1) is 40.4. The molecule has 4 unspecified atom stereocenters. The molecular weight excluding hydrogens is 692 g/mol. The van der Waals surface area contributed by atoms with Gasteiger partial charge in [-0.15, -0.1) is 4.33 Å². The Morgan fingerprint density at radius 3 is 1.34 bits per heavy atom. The summed E-state index contributed by atoms with van der Waals surface area (Å²) in [5, 5.41) is 51.5. The third kappa shape index (κ3) is 18.4. The molecule has 0 fully saturated rings. The van der Waals surface area contributed by atoms with Crippen molar-refractivity contribution in [1.29, 1.82) is 0 Å². The monoisotopic (exact) mass is 730 g/mol. The third-order valence-corrected chi connectivity index (χ3v) is 7.95. The molecule has 4 atom stereocenters. The summed E-state index contributed by atoms with van der Waals surface area (Å²) in [5.41, 5.74) is 0.949. The molecule has 0 aliphatic heterocycles. The highest BCUT2D eigenvalue weighted by molar-refractivity contribution is 7.94. The highest BCUT2D eigenvalue weighted by Crippen LogP contribution is 2.28. The van der Waals surface area contributed by atoms with E-state index in [-0.39, 0.29) is 42.0 Å². The van der Waals surface area contributed by atoms with Gasteiger partial charge in [-0.05, 0) is 41.8 Å². The van der Waals surface area contributed by atoms with Crippen LogP contribution in [-0.4, -0.2) is 120 Å². The smallest absolute Gasteiger partial charge is 0.267 e. The van der Waals surface area contributed by atoms with Gasteiger partial charge in [-0.1, -0.05) is 24.1 Å². The molecule has 47 heavy (non-hydrogen) atoms. The van der Waals surface area contributed by atoms with Crippen molar-refractivity contribution in [2.45, 2.75) is 37.8 Å². The predicted octanol–water partition coefficient (Wildman–Crippen LogP) is 1.07. The zero-order valence-electron chi connectivity index (χ0n) is 25.0. The Morgan fingerprint density at radius 2 is 1.00 bits per heavy atom. The minimum Gasteiger partial charge on any atom is -0.491 e. The van der Waals surface area contributed by atoms with E-state index < -0.39 is 69.4 Å². The number of ether oxygens (including phenoxy) is 4. The Bertz CT molecular complexity index is 1480. The predicted molar refractivity (Wildman–Crippen MR) is 168 cm³/mol. The largest absolute Gasteiger partial charge is 0.491 e. The van der Waals surface area contributed by atoms with E-state index >= 15 is 0 Å². The van der Waals surface area contributed by atoms with Crippen molar-refractivity contribution < 1.29 is 79.9 Å². The summed E-state index contributed by atoms with van der Waals surface area (Å²) < 4.78 is 88.7. The van der Waals surface area contributed by atoms with Crippen LogP contribution in [0.15, 0.2) is 36.4 Å². The van der Waals surface area contributed by atoms with Crippen LogP contribution in [0, 0.1) is 0 Å². The van der Waals surface area contributed by atoms with Crippen LogP contribution >= 0.6 is 12.0 Å². The maximum atomic E-state index is 11.1. The first-order valence-corrected chi connectivity index (χ1v) is 17.9. The van der Waals surface area contributed by atoms with Crippen molar-refractivity contribution in [1.82, 2.24) is 0 Å². The standard InChI is InChI=1S/C27H38O17S3/c1-2-20(28)11-39-24-5-18(7-26(9-24)41-13-22(30)16-46(33,34)35)3-4-19-6-25(40-12-21(29)15-45-44-43-32)10-27(8-19)42-14-23(31)17-47(36,37)38/h3-10,20-23,28-32H,2,11-17H2,1H3,(H,33,34,35)(H,36,37,38)/b4-3+. The molecule has 0 saturated heterocycles. The quantitative estimate of drug-likeness (QED) is 0.0210. The van der Waals surface area contributed by atoms with Crippen molar-refractivity contribution in [3.63, 3.8) is 0 Å². The fourth-order valence-electron chi connectivity index (χ4n) is 3.55. The number of benzene rings is 2. The second-order valence-electron chi connectivity index (χ2n) is 10.0. The van der Waals surface area contributed by atoms with Crippen LogP contribution in [-0.2, 0) is 29.6 Å². The highest BCUT2D eigenvalue weighted by atomic mass is 32.2. The molecule has 7 N–H and O–H groups in total. The average Bonchev–Trinajstić information content (AvgIpc) is 2.98. The second kappa shape index (κ2) is 19.9. The number of hydrogen-bond acceptors (Lipinski definition) is 16. The maximum absolute atomic E-state index is 11.1. The van der Waals surface area contributed by atoms with Gasteiger partial charge in [0.15, 0.2) is 0 Å². The lowest BCUT2D eigenvalue weighted by Gasteiger charge is -2.15. The minimum absolute atomic E-state index is 0.0315. The summed E-state index contributed by atoms with van der Waals surface area (Å²) >= 11 is 0.618. The summed E-state index contributed by atoms with van der Waals surface area (Å²) in [6.07, 6.45) is -1.24. The van der Waals surface area contributed by atoms with Crippen LogP contribution < -0.4 is 18.9 Å². The summed E-state index contributed by atoms with van der Waals surface area (Å²) in [6, 6.07) is 9.09. The zero-order valence-corrected chi connectivity index (χ0v) is 27.5. The molecule has 0 radical (unpaired) electrons.